The number of carbonyl (C=O) groups excluding carboxylic acids is 1. The summed E-state index contributed by atoms with van der Waals surface area (Å²) in [6.45, 7) is 9.69. The molecule has 0 aromatic heterocycles. The Balaban J connectivity index is 2.48. The molecule has 0 aliphatic carbocycles. The van der Waals surface area contributed by atoms with Gasteiger partial charge in [0.1, 0.15) is 11.4 Å². The topological polar surface area (TPSA) is 50.4 Å². The van der Waals surface area contributed by atoms with Crippen LogP contribution >= 0.6 is 15.9 Å². The molecular formula is C16H24BrFN2O2. The lowest BCUT2D eigenvalue weighted by Crippen LogP contribution is -2.43. The van der Waals surface area contributed by atoms with Gasteiger partial charge >= 0.3 is 6.09 Å². The van der Waals surface area contributed by atoms with Crippen molar-refractivity contribution in [2.75, 3.05) is 6.54 Å². The van der Waals surface area contributed by atoms with E-state index in [9.17, 15) is 9.18 Å². The van der Waals surface area contributed by atoms with Crippen molar-refractivity contribution in [3.63, 3.8) is 0 Å². The Morgan fingerprint density at radius 3 is 2.59 bits per heavy atom. The van der Waals surface area contributed by atoms with E-state index in [1.54, 1.807) is 12.1 Å². The molecule has 0 aliphatic heterocycles. The molecule has 6 heteroatoms. The molecule has 124 valence electrons. The van der Waals surface area contributed by atoms with Crippen LogP contribution in [-0.4, -0.2) is 24.3 Å². The molecule has 1 aromatic carbocycles. The van der Waals surface area contributed by atoms with Crippen molar-refractivity contribution in [3.8, 4) is 0 Å². The molecule has 0 bridgehead atoms. The van der Waals surface area contributed by atoms with Crippen LogP contribution in [0.2, 0.25) is 0 Å². The Kier molecular flexibility index (Phi) is 6.81. The summed E-state index contributed by atoms with van der Waals surface area (Å²) >= 11 is 3.34. The Hall–Kier alpha value is -1.14. The second-order valence-electron chi connectivity index (χ2n) is 6.34. The molecule has 4 nitrogen and oxygen atoms in total. The maximum absolute atomic E-state index is 13.8. The Labute approximate surface area is 139 Å². The summed E-state index contributed by atoms with van der Waals surface area (Å²) in [7, 11) is 0. The smallest absolute Gasteiger partial charge is 0.407 e. The highest BCUT2D eigenvalue weighted by atomic mass is 79.9. The first-order chi connectivity index (χ1) is 10.1. The third kappa shape index (κ3) is 6.75. The van der Waals surface area contributed by atoms with Gasteiger partial charge in [-0.3, -0.25) is 0 Å². The summed E-state index contributed by atoms with van der Waals surface area (Å²) in [5.74, 6) is -0.254. The van der Waals surface area contributed by atoms with Crippen LogP contribution in [0.4, 0.5) is 9.18 Å². The summed E-state index contributed by atoms with van der Waals surface area (Å²) in [4.78, 5) is 11.7. The molecule has 0 radical (unpaired) electrons. The van der Waals surface area contributed by atoms with E-state index in [-0.39, 0.29) is 17.9 Å². The highest BCUT2D eigenvalue weighted by Crippen LogP contribution is 2.21. The van der Waals surface area contributed by atoms with E-state index in [1.807, 2.05) is 34.6 Å². The van der Waals surface area contributed by atoms with Crippen LogP contribution in [0.25, 0.3) is 0 Å². The van der Waals surface area contributed by atoms with Crippen molar-refractivity contribution in [3.05, 3.63) is 34.1 Å². The fraction of sp³-hybridized carbons (Fsp3) is 0.562. The van der Waals surface area contributed by atoms with Crippen LogP contribution in [0, 0.1) is 5.82 Å². The van der Waals surface area contributed by atoms with Crippen LogP contribution in [0.1, 0.15) is 46.2 Å². The molecule has 22 heavy (non-hydrogen) atoms. The number of hydrogen-bond donors (Lipinski definition) is 2. The van der Waals surface area contributed by atoms with Gasteiger partial charge in [0.05, 0.1) is 0 Å². The van der Waals surface area contributed by atoms with Gasteiger partial charge in [-0.1, -0.05) is 15.9 Å². The predicted molar refractivity (Wildman–Crippen MR) is 89.3 cm³/mol. The molecule has 2 N–H and O–H groups in total. The van der Waals surface area contributed by atoms with Crippen LogP contribution < -0.4 is 10.6 Å². The first-order valence-electron chi connectivity index (χ1n) is 7.26. The Morgan fingerprint density at radius 1 is 1.36 bits per heavy atom. The van der Waals surface area contributed by atoms with Gasteiger partial charge in [-0.2, -0.15) is 0 Å². The van der Waals surface area contributed by atoms with E-state index in [1.165, 1.54) is 6.07 Å². The zero-order chi connectivity index (χ0) is 16.9. The lowest BCUT2D eigenvalue weighted by molar-refractivity contribution is 0.0507. The normalized spacial score (nSPS) is 14.3. The molecule has 0 saturated carbocycles. The largest absolute Gasteiger partial charge is 0.444 e. The number of benzene rings is 1. The van der Waals surface area contributed by atoms with Gasteiger partial charge in [0.25, 0.3) is 0 Å². The Morgan fingerprint density at radius 2 is 2.00 bits per heavy atom. The summed E-state index contributed by atoms with van der Waals surface area (Å²) < 4.78 is 19.8. The van der Waals surface area contributed by atoms with Gasteiger partial charge in [0, 0.05) is 28.7 Å². The van der Waals surface area contributed by atoms with E-state index in [0.717, 1.165) is 4.47 Å². The third-order valence-corrected chi connectivity index (χ3v) is 3.41. The molecule has 1 aromatic rings. The molecule has 0 spiro atoms. The number of ether oxygens (including phenoxy) is 1. The maximum Gasteiger partial charge on any atom is 0.407 e. The van der Waals surface area contributed by atoms with Gasteiger partial charge in [-0.05, 0) is 52.8 Å². The molecule has 0 heterocycles. The standard InChI is InChI=1S/C16H24BrFN2O2/c1-10(20-15(21)22-16(3,4)5)9-19-11(2)13-8-12(17)6-7-14(13)18/h6-8,10-11,19H,9H2,1-5H3,(H,20,21). The first kappa shape index (κ1) is 18.9. The van der Waals surface area contributed by atoms with Crippen LogP contribution in [0.5, 0.6) is 0 Å². The number of halogens is 2. The van der Waals surface area contributed by atoms with Crippen molar-refractivity contribution < 1.29 is 13.9 Å². The summed E-state index contributed by atoms with van der Waals surface area (Å²) in [6.07, 6.45) is -0.455. The zero-order valence-electron chi connectivity index (χ0n) is 13.7. The van der Waals surface area contributed by atoms with Crippen LogP contribution in [-0.2, 0) is 4.74 Å². The summed E-state index contributed by atoms with van der Waals surface area (Å²) in [5.41, 5.74) is 0.0584. The molecule has 2 unspecified atom stereocenters. The van der Waals surface area contributed by atoms with E-state index in [4.69, 9.17) is 4.74 Å². The number of hydrogen-bond acceptors (Lipinski definition) is 3. The molecule has 1 amide bonds. The van der Waals surface area contributed by atoms with Gasteiger partial charge in [0.2, 0.25) is 0 Å². The van der Waals surface area contributed by atoms with Gasteiger partial charge in [-0.25, -0.2) is 9.18 Å². The molecule has 2 atom stereocenters. The second kappa shape index (κ2) is 7.92. The minimum absolute atomic E-state index is 0.132. The fourth-order valence-corrected chi connectivity index (χ4v) is 2.25. The molecule has 1 rings (SSSR count). The minimum Gasteiger partial charge on any atom is -0.444 e. The fourth-order valence-electron chi connectivity index (χ4n) is 1.87. The van der Waals surface area contributed by atoms with Crippen LogP contribution in [0.15, 0.2) is 22.7 Å². The highest BCUT2D eigenvalue weighted by Gasteiger charge is 2.18. The van der Waals surface area contributed by atoms with Gasteiger partial charge < -0.3 is 15.4 Å². The van der Waals surface area contributed by atoms with Crippen molar-refractivity contribution in [1.82, 2.24) is 10.6 Å². The van der Waals surface area contributed by atoms with E-state index in [2.05, 4.69) is 26.6 Å². The zero-order valence-corrected chi connectivity index (χ0v) is 15.3. The summed E-state index contributed by atoms with van der Waals surface area (Å²) in [5, 5.41) is 5.95. The second-order valence-corrected chi connectivity index (χ2v) is 7.26. The lowest BCUT2D eigenvalue weighted by Gasteiger charge is -2.23. The SMILES string of the molecule is CC(CNC(C)c1cc(Br)ccc1F)NC(=O)OC(C)(C)C. The maximum atomic E-state index is 13.8. The number of rotatable bonds is 5. The molecule has 0 aliphatic rings. The average Bonchev–Trinajstić information content (AvgIpc) is 2.36. The van der Waals surface area contributed by atoms with Crippen molar-refractivity contribution in [2.24, 2.45) is 0 Å². The monoisotopic (exact) mass is 374 g/mol. The molecule has 0 fully saturated rings. The summed E-state index contributed by atoms with van der Waals surface area (Å²) in [6, 6.07) is 4.55. The van der Waals surface area contributed by atoms with Crippen molar-refractivity contribution in [2.45, 2.75) is 52.3 Å². The predicted octanol–water partition coefficient (Wildman–Crippen LogP) is 4.15. The minimum atomic E-state index is -0.524. The number of carbonyl (C=O) groups is 1. The lowest BCUT2D eigenvalue weighted by atomic mass is 10.1. The van der Waals surface area contributed by atoms with E-state index in [0.29, 0.717) is 12.1 Å². The average molecular weight is 375 g/mol. The molecule has 0 saturated heterocycles. The number of amides is 1. The van der Waals surface area contributed by atoms with Crippen molar-refractivity contribution >= 4 is 22.0 Å². The van der Waals surface area contributed by atoms with Crippen molar-refractivity contribution in [1.29, 1.82) is 0 Å². The first-order valence-corrected chi connectivity index (χ1v) is 8.05. The quantitative estimate of drug-likeness (QED) is 0.813. The molecular weight excluding hydrogens is 351 g/mol. The van der Waals surface area contributed by atoms with E-state index >= 15 is 0 Å². The highest BCUT2D eigenvalue weighted by molar-refractivity contribution is 9.10. The Bertz CT molecular complexity index is 517. The van der Waals surface area contributed by atoms with E-state index < -0.39 is 11.7 Å². The number of nitrogens with one attached hydrogen (secondary N) is 2. The van der Waals surface area contributed by atoms with Gasteiger partial charge in [0.15, 0.2) is 0 Å². The van der Waals surface area contributed by atoms with Gasteiger partial charge in [-0.15, -0.1) is 0 Å². The number of alkyl carbamates (subject to hydrolysis) is 1. The van der Waals surface area contributed by atoms with Crippen LogP contribution in [0.3, 0.4) is 0 Å². The third-order valence-electron chi connectivity index (χ3n) is 2.92.